The van der Waals surface area contributed by atoms with Gasteiger partial charge in [-0.2, -0.15) is 0 Å². The molecule has 0 unspecified atom stereocenters. The maximum Gasteiger partial charge on any atom is 0.307 e. The highest BCUT2D eigenvalue weighted by Gasteiger charge is 2.23. The summed E-state index contributed by atoms with van der Waals surface area (Å²) < 4.78 is 10.4. The van der Waals surface area contributed by atoms with E-state index in [1.165, 1.54) is 29.8 Å². The van der Waals surface area contributed by atoms with Gasteiger partial charge < -0.3 is 14.4 Å². The first-order valence-corrected chi connectivity index (χ1v) is 9.55. The summed E-state index contributed by atoms with van der Waals surface area (Å²) in [6.07, 6.45) is 0.136. The molecule has 0 saturated carbocycles. The summed E-state index contributed by atoms with van der Waals surface area (Å²) in [4.78, 5) is 31.8. The molecule has 1 amide bonds. The molecule has 0 spiro atoms. The minimum absolute atomic E-state index is 0.136. The first-order valence-electron chi connectivity index (χ1n) is 7.54. The summed E-state index contributed by atoms with van der Waals surface area (Å²) in [7, 11) is 2.90. The molecule has 9 heteroatoms. The lowest BCUT2D eigenvalue weighted by atomic mass is 10.3. The Hall–Kier alpha value is -1.48. The van der Waals surface area contributed by atoms with E-state index in [2.05, 4.69) is 9.72 Å². The van der Waals surface area contributed by atoms with E-state index in [-0.39, 0.29) is 24.8 Å². The van der Waals surface area contributed by atoms with Gasteiger partial charge in [-0.1, -0.05) is 11.6 Å². The number of thiazole rings is 1. The van der Waals surface area contributed by atoms with Crippen molar-refractivity contribution in [3.63, 3.8) is 0 Å². The van der Waals surface area contributed by atoms with Gasteiger partial charge in [-0.05, 0) is 19.1 Å². The Kier molecular flexibility index (Phi) is 7.37. The van der Waals surface area contributed by atoms with Crippen LogP contribution in [0.25, 0.3) is 9.88 Å². The highest BCUT2D eigenvalue weighted by Crippen LogP contribution is 2.35. The van der Waals surface area contributed by atoms with Crippen LogP contribution < -0.4 is 0 Å². The highest BCUT2D eigenvalue weighted by molar-refractivity contribution is 7.24. The van der Waals surface area contributed by atoms with Crippen LogP contribution in [0.2, 0.25) is 4.34 Å². The van der Waals surface area contributed by atoms with Crippen molar-refractivity contribution >= 4 is 46.2 Å². The molecule has 0 aliphatic rings. The van der Waals surface area contributed by atoms with E-state index in [1.54, 1.807) is 25.0 Å². The third kappa shape index (κ3) is 5.24. The van der Waals surface area contributed by atoms with Gasteiger partial charge in [0.15, 0.2) is 0 Å². The third-order valence-corrected chi connectivity index (χ3v) is 5.99. The number of carbonyl (C=O) groups excluding carboxylic acids is 2. The molecule has 0 aromatic carbocycles. The van der Waals surface area contributed by atoms with Gasteiger partial charge in [0, 0.05) is 20.2 Å². The van der Waals surface area contributed by atoms with Crippen molar-refractivity contribution in [2.45, 2.75) is 13.3 Å². The molecule has 0 aliphatic heterocycles. The number of nitrogens with zero attached hydrogens (tertiary/aromatic N) is 2. The molecule has 2 rings (SSSR count). The molecule has 0 aliphatic carbocycles. The fourth-order valence-corrected chi connectivity index (χ4v) is 4.25. The smallest absolute Gasteiger partial charge is 0.307 e. The topological polar surface area (TPSA) is 68.7 Å². The Balaban J connectivity index is 2.19. The fourth-order valence-electron chi connectivity index (χ4n) is 2.12. The zero-order valence-electron chi connectivity index (χ0n) is 14.2. The van der Waals surface area contributed by atoms with Crippen molar-refractivity contribution in [3.05, 3.63) is 27.0 Å². The van der Waals surface area contributed by atoms with Crippen LogP contribution in [0.5, 0.6) is 0 Å². The molecule has 2 aromatic heterocycles. The van der Waals surface area contributed by atoms with Gasteiger partial charge in [0.2, 0.25) is 0 Å². The molecule has 0 bridgehead atoms. The van der Waals surface area contributed by atoms with Crippen molar-refractivity contribution in [2.75, 3.05) is 33.9 Å². The number of hydrogen-bond acceptors (Lipinski definition) is 7. The number of carbonyl (C=O) groups is 2. The molecule has 0 fully saturated rings. The van der Waals surface area contributed by atoms with E-state index in [0.717, 1.165) is 9.88 Å². The average Bonchev–Trinajstić information content (AvgIpc) is 3.19. The van der Waals surface area contributed by atoms with Crippen LogP contribution in [0.3, 0.4) is 0 Å². The number of rotatable bonds is 8. The van der Waals surface area contributed by atoms with E-state index in [4.69, 9.17) is 16.3 Å². The number of aryl methyl sites for hydroxylation is 1. The van der Waals surface area contributed by atoms with Crippen molar-refractivity contribution in [3.8, 4) is 9.88 Å². The van der Waals surface area contributed by atoms with E-state index in [9.17, 15) is 9.59 Å². The standard InChI is InChI=1S/C16H19ClN2O4S2/c1-10-14(25-15(18-10)11-4-5-12(17)24-11)16(21)19(8-9-22-2)7-6-13(20)23-3/h4-5H,6-9H2,1-3H3. The number of aromatic nitrogens is 1. The van der Waals surface area contributed by atoms with Crippen molar-refractivity contribution in [1.82, 2.24) is 9.88 Å². The number of esters is 1. The third-order valence-electron chi connectivity index (χ3n) is 3.44. The Morgan fingerprint density at radius 1 is 1.24 bits per heavy atom. The molecule has 0 atom stereocenters. The number of hydrogen-bond donors (Lipinski definition) is 0. The Labute approximate surface area is 159 Å². The summed E-state index contributed by atoms with van der Waals surface area (Å²) in [5.74, 6) is -0.519. The molecule has 2 heterocycles. The van der Waals surface area contributed by atoms with Gasteiger partial charge in [-0.15, -0.1) is 22.7 Å². The predicted octanol–water partition coefficient (Wildman–Crippen LogP) is 3.49. The van der Waals surface area contributed by atoms with Crippen LogP contribution in [0, 0.1) is 6.92 Å². The monoisotopic (exact) mass is 402 g/mol. The molecule has 25 heavy (non-hydrogen) atoms. The van der Waals surface area contributed by atoms with Crippen LogP contribution in [-0.2, 0) is 14.3 Å². The molecule has 0 saturated heterocycles. The molecule has 2 aromatic rings. The molecular formula is C16H19ClN2O4S2. The highest BCUT2D eigenvalue weighted by atomic mass is 35.5. The van der Waals surface area contributed by atoms with E-state index in [1.807, 2.05) is 6.07 Å². The molecule has 0 radical (unpaired) electrons. The maximum absolute atomic E-state index is 12.9. The van der Waals surface area contributed by atoms with Gasteiger partial charge in [-0.3, -0.25) is 9.59 Å². The predicted molar refractivity (Wildman–Crippen MR) is 99.6 cm³/mol. The van der Waals surface area contributed by atoms with E-state index >= 15 is 0 Å². The number of ether oxygens (including phenoxy) is 2. The Morgan fingerprint density at radius 2 is 2.00 bits per heavy atom. The quantitative estimate of drug-likeness (QED) is 0.632. The number of amides is 1. The number of thiophene rings is 1. The first kappa shape index (κ1) is 19.8. The minimum Gasteiger partial charge on any atom is -0.469 e. The van der Waals surface area contributed by atoms with Crippen LogP contribution in [-0.4, -0.2) is 55.7 Å². The minimum atomic E-state index is -0.356. The van der Waals surface area contributed by atoms with Gasteiger partial charge in [-0.25, -0.2) is 4.98 Å². The molecule has 6 nitrogen and oxygen atoms in total. The lowest BCUT2D eigenvalue weighted by Crippen LogP contribution is -2.35. The number of halogens is 1. The largest absolute Gasteiger partial charge is 0.469 e. The Bertz CT molecular complexity index is 744. The SMILES string of the molecule is COCCN(CCC(=O)OC)C(=O)c1sc(-c2ccc(Cl)s2)nc1C. The zero-order valence-corrected chi connectivity index (χ0v) is 16.6. The molecule has 136 valence electrons. The summed E-state index contributed by atoms with van der Waals surface area (Å²) in [6.45, 7) is 2.85. The van der Waals surface area contributed by atoms with Crippen LogP contribution >= 0.6 is 34.3 Å². The second-order valence-corrected chi connectivity index (χ2v) is 7.86. The first-order chi connectivity index (χ1) is 12.0. The number of methoxy groups -OCH3 is 2. The molecule has 0 N–H and O–H groups in total. The van der Waals surface area contributed by atoms with E-state index in [0.29, 0.717) is 28.1 Å². The maximum atomic E-state index is 12.9. The van der Waals surface area contributed by atoms with Crippen molar-refractivity contribution in [2.24, 2.45) is 0 Å². The van der Waals surface area contributed by atoms with Gasteiger partial charge in [0.05, 0.1) is 35.0 Å². The van der Waals surface area contributed by atoms with Crippen molar-refractivity contribution in [1.29, 1.82) is 0 Å². The second kappa shape index (κ2) is 9.28. The van der Waals surface area contributed by atoms with Gasteiger partial charge >= 0.3 is 5.97 Å². The van der Waals surface area contributed by atoms with Crippen LogP contribution in [0.1, 0.15) is 21.8 Å². The summed E-state index contributed by atoms with van der Waals surface area (Å²) in [5, 5.41) is 0.761. The summed E-state index contributed by atoms with van der Waals surface area (Å²) in [5.41, 5.74) is 0.662. The van der Waals surface area contributed by atoms with Crippen LogP contribution in [0.15, 0.2) is 12.1 Å². The lowest BCUT2D eigenvalue weighted by Gasteiger charge is -2.21. The zero-order chi connectivity index (χ0) is 18.4. The Morgan fingerprint density at radius 3 is 2.60 bits per heavy atom. The van der Waals surface area contributed by atoms with E-state index < -0.39 is 0 Å². The normalized spacial score (nSPS) is 10.7. The lowest BCUT2D eigenvalue weighted by molar-refractivity contribution is -0.140. The second-order valence-electron chi connectivity index (χ2n) is 5.15. The van der Waals surface area contributed by atoms with Gasteiger partial charge in [0.1, 0.15) is 9.88 Å². The van der Waals surface area contributed by atoms with Crippen LogP contribution in [0.4, 0.5) is 0 Å². The molecular weight excluding hydrogens is 384 g/mol. The fraction of sp³-hybridized carbons (Fsp3) is 0.438. The average molecular weight is 403 g/mol. The van der Waals surface area contributed by atoms with Gasteiger partial charge in [0.25, 0.3) is 5.91 Å². The van der Waals surface area contributed by atoms with Crippen molar-refractivity contribution < 1.29 is 19.1 Å². The summed E-state index contributed by atoms with van der Waals surface area (Å²) in [6, 6.07) is 3.69. The summed E-state index contributed by atoms with van der Waals surface area (Å²) >= 11 is 8.72.